The van der Waals surface area contributed by atoms with E-state index in [1.165, 1.54) is 6.92 Å². The zero-order chi connectivity index (χ0) is 35.6. The minimum Gasteiger partial charge on any atom is -0.463 e. The highest BCUT2D eigenvalue weighted by Gasteiger charge is 2.82. The fourth-order valence-electron chi connectivity index (χ4n) is 10.4. The van der Waals surface area contributed by atoms with Crippen LogP contribution in [0.4, 0.5) is 13.2 Å². The number of carbonyl (C=O) groups is 3. The van der Waals surface area contributed by atoms with Gasteiger partial charge in [0.1, 0.15) is 29.5 Å². The number of esters is 3. The standard InChI is InChI=1S/C38H47F3O8/c1-22(2)12-15-30(46-33(44)38(39,40)41)23(3)36-18-19-37(49-48-36)28-14-13-26-20-27(45-24(4)42)16-17-34(26,5)29(28)21-31(35(36,37)6)47-32(43)25-10-8-7-9-11-25/h7-11,18-19,23,26-31H,1,12-17,20-21H2,2-6H3/t23-,26+,27+,28-,29+,30-,31-,34+,35-,36-,37+/m1/s1. The maximum Gasteiger partial charge on any atom is 0.490 e. The van der Waals surface area contributed by atoms with E-state index in [-0.39, 0.29) is 41.7 Å². The van der Waals surface area contributed by atoms with Crippen LogP contribution in [0.1, 0.15) is 96.3 Å². The number of alkyl halides is 3. The third-order valence-corrected chi connectivity index (χ3v) is 13.0. The van der Waals surface area contributed by atoms with Crippen molar-refractivity contribution in [2.75, 3.05) is 0 Å². The van der Waals surface area contributed by atoms with Crippen molar-refractivity contribution in [1.29, 1.82) is 0 Å². The van der Waals surface area contributed by atoms with Crippen LogP contribution in [0.2, 0.25) is 0 Å². The summed E-state index contributed by atoms with van der Waals surface area (Å²) < 4.78 is 58.0. The Balaban J connectivity index is 1.40. The fourth-order valence-corrected chi connectivity index (χ4v) is 10.4. The molecule has 1 aromatic rings. The monoisotopic (exact) mass is 688 g/mol. The minimum atomic E-state index is -5.18. The quantitative estimate of drug-likeness (QED) is 0.112. The summed E-state index contributed by atoms with van der Waals surface area (Å²) in [7, 11) is 0. The lowest BCUT2D eigenvalue weighted by Crippen LogP contribution is -2.69. The Morgan fingerprint density at radius 3 is 2.31 bits per heavy atom. The van der Waals surface area contributed by atoms with Crippen molar-refractivity contribution in [3.05, 3.63) is 60.2 Å². The van der Waals surface area contributed by atoms with E-state index < -0.39 is 52.9 Å². The third-order valence-electron chi connectivity index (χ3n) is 13.0. The van der Waals surface area contributed by atoms with Gasteiger partial charge in [-0.2, -0.15) is 13.2 Å². The molecule has 2 bridgehead atoms. The van der Waals surface area contributed by atoms with Gasteiger partial charge in [0.05, 0.1) is 11.0 Å². The van der Waals surface area contributed by atoms with Gasteiger partial charge >= 0.3 is 24.1 Å². The summed E-state index contributed by atoms with van der Waals surface area (Å²) in [5.41, 5.74) is -2.63. The van der Waals surface area contributed by atoms with E-state index in [1.54, 1.807) is 44.2 Å². The van der Waals surface area contributed by atoms with Gasteiger partial charge in [-0.25, -0.2) is 19.4 Å². The Labute approximate surface area is 285 Å². The maximum absolute atomic E-state index is 13.8. The molecule has 1 aliphatic heterocycles. The zero-order valence-electron chi connectivity index (χ0n) is 28.8. The first kappa shape index (κ1) is 35.6. The minimum absolute atomic E-state index is 0.0332. The van der Waals surface area contributed by atoms with Crippen LogP contribution in [0.15, 0.2) is 54.6 Å². The molecule has 11 atom stereocenters. The number of hydrogen-bond acceptors (Lipinski definition) is 8. The molecular weight excluding hydrogens is 641 g/mol. The third kappa shape index (κ3) is 5.63. The molecule has 5 aliphatic rings. The van der Waals surface area contributed by atoms with Crippen LogP contribution in [-0.2, 0) is 33.6 Å². The summed E-state index contributed by atoms with van der Waals surface area (Å²) in [5.74, 6) is -3.67. The van der Waals surface area contributed by atoms with E-state index in [9.17, 15) is 27.6 Å². The molecule has 3 saturated carbocycles. The van der Waals surface area contributed by atoms with E-state index >= 15 is 0 Å². The molecule has 49 heavy (non-hydrogen) atoms. The Kier molecular flexibility index (Phi) is 9.13. The van der Waals surface area contributed by atoms with Crippen molar-refractivity contribution in [1.82, 2.24) is 0 Å². The van der Waals surface area contributed by atoms with E-state index in [4.69, 9.17) is 24.0 Å². The van der Waals surface area contributed by atoms with E-state index in [0.717, 1.165) is 37.7 Å². The number of ether oxygens (including phenoxy) is 3. The Hall–Kier alpha value is -3.18. The van der Waals surface area contributed by atoms with Crippen LogP contribution in [0.5, 0.6) is 0 Å². The predicted molar refractivity (Wildman–Crippen MR) is 172 cm³/mol. The lowest BCUT2D eigenvalue weighted by molar-refractivity contribution is -0.364. The first-order valence-corrected chi connectivity index (χ1v) is 17.4. The van der Waals surface area contributed by atoms with Gasteiger partial charge in [0.2, 0.25) is 0 Å². The molecule has 1 aromatic carbocycles. The summed E-state index contributed by atoms with van der Waals surface area (Å²) in [6.07, 6.45) is 1.33. The van der Waals surface area contributed by atoms with Gasteiger partial charge in [-0.05, 0) is 113 Å². The molecule has 4 aliphatic carbocycles. The lowest BCUT2D eigenvalue weighted by Gasteiger charge is -2.63. The number of carbonyl (C=O) groups excluding carboxylic acids is 3. The summed E-state index contributed by atoms with van der Waals surface area (Å²) >= 11 is 0. The Bertz CT molecular complexity index is 1510. The molecule has 0 amide bonds. The second kappa shape index (κ2) is 12.5. The molecule has 1 heterocycles. The van der Waals surface area contributed by atoms with Crippen molar-refractivity contribution >= 4 is 17.9 Å². The molecule has 4 fully saturated rings. The summed E-state index contributed by atoms with van der Waals surface area (Å²) in [5, 5.41) is 0. The summed E-state index contributed by atoms with van der Waals surface area (Å²) in [6.45, 7) is 13.0. The van der Waals surface area contributed by atoms with Gasteiger partial charge in [0.15, 0.2) is 0 Å². The van der Waals surface area contributed by atoms with Crippen molar-refractivity contribution < 1.29 is 51.5 Å². The average Bonchev–Trinajstić information content (AvgIpc) is 3.47. The highest BCUT2D eigenvalue weighted by Crippen LogP contribution is 2.74. The first-order valence-electron chi connectivity index (χ1n) is 17.4. The number of rotatable bonds is 9. The second-order valence-corrected chi connectivity index (χ2v) is 15.5. The van der Waals surface area contributed by atoms with Gasteiger partial charge < -0.3 is 14.2 Å². The molecular formula is C38H47F3O8. The second-order valence-electron chi connectivity index (χ2n) is 15.5. The molecule has 8 nitrogen and oxygen atoms in total. The van der Waals surface area contributed by atoms with Crippen LogP contribution >= 0.6 is 0 Å². The zero-order valence-corrected chi connectivity index (χ0v) is 28.8. The normalized spacial score (nSPS) is 38.7. The molecule has 0 unspecified atom stereocenters. The van der Waals surface area contributed by atoms with Crippen LogP contribution in [0.3, 0.4) is 0 Å². The van der Waals surface area contributed by atoms with Gasteiger partial charge in [0.25, 0.3) is 0 Å². The lowest BCUT2D eigenvalue weighted by atomic mass is 9.41. The van der Waals surface area contributed by atoms with Gasteiger partial charge in [0, 0.05) is 12.8 Å². The Morgan fingerprint density at radius 1 is 0.980 bits per heavy atom. The van der Waals surface area contributed by atoms with Crippen LogP contribution < -0.4 is 0 Å². The van der Waals surface area contributed by atoms with E-state index in [1.807, 2.05) is 19.1 Å². The van der Waals surface area contributed by atoms with Crippen LogP contribution in [-0.4, -0.2) is 53.6 Å². The first-order chi connectivity index (χ1) is 23.0. The molecule has 0 aromatic heterocycles. The van der Waals surface area contributed by atoms with Gasteiger partial charge in [-0.3, -0.25) is 4.79 Å². The van der Waals surface area contributed by atoms with E-state index in [0.29, 0.717) is 18.4 Å². The number of allylic oxidation sites excluding steroid dienone is 1. The van der Waals surface area contributed by atoms with Crippen molar-refractivity contribution in [3.8, 4) is 0 Å². The average molecular weight is 689 g/mol. The molecule has 1 saturated heterocycles. The van der Waals surface area contributed by atoms with Crippen molar-refractivity contribution in [2.24, 2.45) is 34.5 Å². The van der Waals surface area contributed by atoms with Crippen LogP contribution in [0, 0.1) is 34.5 Å². The topological polar surface area (TPSA) is 97.4 Å². The van der Waals surface area contributed by atoms with Crippen molar-refractivity contribution in [2.45, 2.75) is 122 Å². The van der Waals surface area contributed by atoms with Gasteiger partial charge in [-0.1, -0.05) is 37.6 Å². The predicted octanol–water partition coefficient (Wildman–Crippen LogP) is 7.86. The molecule has 6 rings (SSSR count). The summed E-state index contributed by atoms with van der Waals surface area (Å²) in [6, 6.07) is 8.67. The number of fused-ring (bicyclic) bond motifs is 3. The largest absolute Gasteiger partial charge is 0.490 e. The van der Waals surface area contributed by atoms with Crippen molar-refractivity contribution in [3.63, 3.8) is 0 Å². The number of benzene rings is 1. The van der Waals surface area contributed by atoms with Crippen LogP contribution in [0.25, 0.3) is 0 Å². The number of hydrogen-bond donors (Lipinski definition) is 0. The molecule has 268 valence electrons. The molecule has 0 radical (unpaired) electrons. The highest BCUT2D eigenvalue weighted by atomic mass is 19.4. The Morgan fingerprint density at radius 2 is 1.69 bits per heavy atom. The van der Waals surface area contributed by atoms with E-state index in [2.05, 4.69) is 13.5 Å². The summed E-state index contributed by atoms with van der Waals surface area (Å²) in [4.78, 5) is 50.7. The molecule has 11 heteroatoms. The van der Waals surface area contributed by atoms with Gasteiger partial charge in [-0.15, -0.1) is 6.58 Å². The fraction of sp³-hybridized carbons (Fsp3) is 0.658. The smallest absolute Gasteiger partial charge is 0.463 e. The highest BCUT2D eigenvalue weighted by molar-refractivity contribution is 5.89. The molecule has 0 spiro atoms. The SMILES string of the molecule is C=C(C)CC[C@@H](OC(=O)C(F)(F)F)[C@@H](C)[C@@]12C=C[C@]3(OO1)[C@@H]1CC[C@H]4C[C@@H](OC(C)=O)CC[C@]4(C)[C@H]1C[C@@H](OC(=O)c1ccccc1)[C@@]32C. The maximum atomic E-state index is 13.8. The number of halogens is 3. The molecule has 0 N–H and O–H groups in total.